The van der Waals surface area contributed by atoms with E-state index in [4.69, 9.17) is 5.73 Å². The van der Waals surface area contributed by atoms with Gasteiger partial charge in [-0.25, -0.2) is 0 Å². The molecule has 0 saturated heterocycles. The van der Waals surface area contributed by atoms with Crippen LogP contribution in [-0.4, -0.2) is 4.75 Å². The van der Waals surface area contributed by atoms with Gasteiger partial charge in [-0.1, -0.05) is 46.4 Å². The molecule has 1 unspecified atom stereocenters. The van der Waals surface area contributed by atoms with Crippen molar-refractivity contribution >= 4 is 11.8 Å². The Morgan fingerprint density at radius 1 is 1.67 bits per heavy atom. The normalized spacial score (nSPS) is 30.1. The fourth-order valence-corrected chi connectivity index (χ4v) is 3.23. The summed E-state index contributed by atoms with van der Waals surface area (Å²) in [5.74, 6) is 0.657. The molecule has 2 nitrogen and oxygen atoms in total. The predicted octanol–water partition coefficient (Wildman–Crippen LogP) is 3.74. The third-order valence-corrected chi connectivity index (χ3v) is 5.23. The summed E-state index contributed by atoms with van der Waals surface area (Å²) in [5.41, 5.74) is 8.34. The van der Waals surface area contributed by atoms with Crippen molar-refractivity contribution in [2.45, 2.75) is 45.3 Å². The molecule has 0 aromatic heterocycles. The summed E-state index contributed by atoms with van der Waals surface area (Å²) in [6.45, 7) is 13.0. The van der Waals surface area contributed by atoms with Gasteiger partial charge in [0.15, 0.2) is 0 Å². The van der Waals surface area contributed by atoms with Gasteiger partial charge in [0.05, 0.1) is 16.4 Å². The van der Waals surface area contributed by atoms with Crippen molar-refractivity contribution < 1.29 is 0 Å². The van der Waals surface area contributed by atoms with Crippen LogP contribution in [0.3, 0.4) is 0 Å². The third kappa shape index (κ3) is 2.77. The van der Waals surface area contributed by atoms with Gasteiger partial charge in [-0.05, 0) is 24.2 Å². The molecule has 2 aliphatic rings. The second kappa shape index (κ2) is 4.37. The SMILES string of the molecule is C=C(NC1=CC2C[C@]2(C)C=C1N)SC(C)(C)CC. The standard InChI is InChI=1S/C15H24N2S/c1-6-14(3,4)18-10(2)17-13-7-11-8-15(11,5)9-12(13)16/h7,9,11,17H,2,6,8,16H2,1,3-5H3/t11?,15-/m1/s1. The number of hydrogen-bond donors (Lipinski definition) is 2. The van der Waals surface area contributed by atoms with E-state index < -0.39 is 0 Å². The molecule has 3 heteroatoms. The molecule has 0 aromatic carbocycles. The van der Waals surface area contributed by atoms with Crippen molar-refractivity contribution in [3.63, 3.8) is 0 Å². The van der Waals surface area contributed by atoms with Crippen LogP contribution in [0.15, 0.2) is 35.2 Å². The summed E-state index contributed by atoms with van der Waals surface area (Å²) in [6.07, 6.45) is 6.80. The number of hydrogen-bond acceptors (Lipinski definition) is 3. The summed E-state index contributed by atoms with van der Waals surface area (Å²) < 4.78 is 0.214. The van der Waals surface area contributed by atoms with Gasteiger partial charge in [0.25, 0.3) is 0 Å². The van der Waals surface area contributed by atoms with Gasteiger partial charge in [0.1, 0.15) is 0 Å². The van der Waals surface area contributed by atoms with Crippen molar-refractivity contribution in [1.82, 2.24) is 5.32 Å². The quantitative estimate of drug-likeness (QED) is 0.794. The van der Waals surface area contributed by atoms with E-state index in [9.17, 15) is 0 Å². The van der Waals surface area contributed by atoms with Crippen molar-refractivity contribution in [2.24, 2.45) is 17.1 Å². The Bertz CT molecular complexity index is 434. The molecule has 0 spiro atoms. The Hall–Kier alpha value is -0.830. The van der Waals surface area contributed by atoms with Gasteiger partial charge in [-0.15, -0.1) is 11.8 Å². The second-order valence-corrected chi connectivity index (χ2v) is 8.06. The van der Waals surface area contributed by atoms with Crippen LogP contribution in [0.25, 0.3) is 0 Å². The summed E-state index contributed by atoms with van der Waals surface area (Å²) in [4.78, 5) is 0. The summed E-state index contributed by atoms with van der Waals surface area (Å²) in [7, 11) is 0. The minimum absolute atomic E-state index is 0.214. The Kier molecular flexibility index (Phi) is 3.30. The molecule has 1 saturated carbocycles. The second-order valence-electron chi connectivity index (χ2n) is 6.26. The first-order valence-corrected chi connectivity index (χ1v) is 7.43. The average molecular weight is 264 g/mol. The maximum atomic E-state index is 6.11. The maximum Gasteiger partial charge on any atom is 0.0658 e. The van der Waals surface area contributed by atoms with Crippen molar-refractivity contribution in [3.8, 4) is 0 Å². The Labute approximate surface area is 115 Å². The number of allylic oxidation sites excluding steroid dienone is 2. The van der Waals surface area contributed by atoms with Crippen LogP contribution in [0, 0.1) is 11.3 Å². The summed E-state index contributed by atoms with van der Waals surface area (Å²) in [6, 6.07) is 0. The third-order valence-electron chi connectivity index (χ3n) is 4.04. The van der Waals surface area contributed by atoms with E-state index in [1.165, 1.54) is 6.42 Å². The molecule has 2 atom stereocenters. The Morgan fingerprint density at radius 3 is 2.94 bits per heavy atom. The molecule has 2 aliphatic carbocycles. The zero-order valence-electron chi connectivity index (χ0n) is 11.8. The first-order chi connectivity index (χ1) is 8.26. The van der Waals surface area contributed by atoms with E-state index in [-0.39, 0.29) is 4.75 Å². The van der Waals surface area contributed by atoms with Gasteiger partial charge in [0.2, 0.25) is 0 Å². The fraction of sp³-hybridized carbons (Fsp3) is 0.600. The highest BCUT2D eigenvalue weighted by Gasteiger charge is 2.49. The summed E-state index contributed by atoms with van der Waals surface area (Å²) >= 11 is 1.78. The van der Waals surface area contributed by atoms with Crippen molar-refractivity contribution in [1.29, 1.82) is 0 Å². The minimum Gasteiger partial charge on any atom is -0.397 e. The van der Waals surface area contributed by atoms with E-state index in [0.717, 1.165) is 22.8 Å². The zero-order valence-corrected chi connectivity index (χ0v) is 12.7. The molecule has 3 N–H and O–H groups in total. The molecule has 100 valence electrons. The molecule has 0 heterocycles. The van der Waals surface area contributed by atoms with Gasteiger partial charge in [-0.3, -0.25) is 0 Å². The van der Waals surface area contributed by atoms with Gasteiger partial charge in [-0.2, -0.15) is 0 Å². The first-order valence-electron chi connectivity index (χ1n) is 6.61. The number of nitrogens with one attached hydrogen (secondary N) is 1. The molecule has 1 fully saturated rings. The maximum absolute atomic E-state index is 6.11. The average Bonchev–Trinajstić information content (AvgIpc) is 2.87. The lowest BCUT2D eigenvalue weighted by atomic mass is 9.99. The van der Waals surface area contributed by atoms with E-state index in [1.54, 1.807) is 11.8 Å². The number of rotatable bonds is 5. The highest BCUT2D eigenvalue weighted by Crippen LogP contribution is 2.57. The van der Waals surface area contributed by atoms with Gasteiger partial charge in [0, 0.05) is 4.75 Å². The molecule has 0 radical (unpaired) electrons. The zero-order chi connectivity index (χ0) is 13.6. The molecule has 0 aromatic rings. The predicted molar refractivity (Wildman–Crippen MR) is 80.8 cm³/mol. The topological polar surface area (TPSA) is 38.0 Å². The summed E-state index contributed by atoms with van der Waals surface area (Å²) in [5, 5.41) is 4.35. The molecule has 0 bridgehead atoms. The highest BCUT2D eigenvalue weighted by molar-refractivity contribution is 8.04. The van der Waals surface area contributed by atoms with Gasteiger partial charge < -0.3 is 11.1 Å². The molecule has 2 rings (SSSR count). The number of thioether (sulfide) groups is 1. The van der Waals surface area contributed by atoms with E-state index >= 15 is 0 Å². The van der Waals surface area contributed by atoms with E-state index in [0.29, 0.717) is 11.3 Å². The Morgan fingerprint density at radius 2 is 2.33 bits per heavy atom. The van der Waals surface area contributed by atoms with E-state index in [2.05, 4.69) is 51.7 Å². The van der Waals surface area contributed by atoms with Crippen LogP contribution in [0.5, 0.6) is 0 Å². The van der Waals surface area contributed by atoms with Crippen molar-refractivity contribution in [3.05, 3.63) is 35.2 Å². The lowest BCUT2D eigenvalue weighted by Crippen LogP contribution is -2.23. The van der Waals surface area contributed by atoms with E-state index in [1.807, 2.05) is 0 Å². The Balaban J connectivity index is 1.97. The minimum atomic E-state index is 0.214. The lowest BCUT2D eigenvalue weighted by molar-refractivity contribution is 0.669. The van der Waals surface area contributed by atoms with Crippen LogP contribution in [0.4, 0.5) is 0 Å². The molecular formula is C15H24N2S. The molecule has 0 aliphatic heterocycles. The van der Waals surface area contributed by atoms with Crippen LogP contribution < -0.4 is 11.1 Å². The lowest BCUT2D eigenvalue weighted by Gasteiger charge is -2.25. The van der Waals surface area contributed by atoms with Crippen LogP contribution in [0.1, 0.15) is 40.5 Å². The molecule has 18 heavy (non-hydrogen) atoms. The largest absolute Gasteiger partial charge is 0.397 e. The first kappa shape index (κ1) is 13.6. The van der Waals surface area contributed by atoms with Gasteiger partial charge >= 0.3 is 0 Å². The highest BCUT2D eigenvalue weighted by atomic mass is 32.2. The number of nitrogens with two attached hydrogens (primary N) is 1. The van der Waals surface area contributed by atoms with Crippen LogP contribution >= 0.6 is 11.8 Å². The van der Waals surface area contributed by atoms with Crippen LogP contribution in [0.2, 0.25) is 0 Å². The number of fused-ring (bicyclic) bond motifs is 1. The monoisotopic (exact) mass is 264 g/mol. The van der Waals surface area contributed by atoms with Crippen molar-refractivity contribution in [2.75, 3.05) is 0 Å². The fourth-order valence-electron chi connectivity index (χ4n) is 2.26. The smallest absolute Gasteiger partial charge is 0.0658 e. The molecular weight excluding hydrogens is 240 g/mol. The molecule has 0 amide bonds. The van der Waals surface area contributed by atoms with Crippen LogP contribution in [-0.2, 0) is 0 Å².